The number of para-hydroxylation sites is 1. The molecular formula is C34H25BrF3N3O5S2. The van der Waals surface area contributed by atoms with E-state index in [4.69, 9.17) is 4.74 Å². The van der Waals surface area contributed by atoms with Crippen molar-refractivity contribution in [3.8, 4) is 5.75 Å². The summed E-state index contributed by atoms with van der Waals surface area (Å²) in [7, 11) is 0. The lowest BCUT2D eigenvalue weighted by Gasteiger charge is -2.43. The molecule has 2 N–H and O–H groups in total. The molecule has 0 spiro atoms. The van der Waals surface area contributed by atoms with Gasteiger partial charge in [0.2, 0.25) is 11.8 Å². The van der Waals surface area contributed by atoms with Crippen LogP contribution in [0.2, 0.25) is 0 Å². The second kappa shape index (κ2) is 11.6. The molecule has 2 aliphatic carbocycles. The Morgan fingerprint density at radius 2 is 1.71 bits per heavy atom. The first-order chi connectivity index (χ1) is 23.0. The van der Waals surface area contributed by atoms with Crippen molar-refractivity contribution in [3.63, 3.8) is 0 Å². The van der Waals surface area contributed by atoms with E-state index in [2.05, 4.69) is 26.2 Å². The van der Waals surface area contributed by atoms with Gasteiger partial charge in [-0.2, -0.15) is 13.2 Å². The molecule has 4 aliphatic rings. The lowest BCUT2D eigenvalue weighted by atomic mass is 9.68. The van der Waals surface area contributed by atoms with Gasteiger partial charge in [0, 0.05) is 20.5 Å². The number of aromatic nitrogens is 1. The Hall–Kier alpha value is -3.88. The first-order valence-corrected chi connectivity index (χ1v) is 17.7. The zero-order valence-corrected chi connectivity index (χ0v) is 27.9. The summed E-state index contributed by atoms with van der Waals surface area (Å²) in [6.07, 6.45) is -3.90. The molecule has 8 rings (SSSR count). The van der Waals surface area contributed by atoms with Gasteiger partial charge in [-0.15, -0.1) is 11.8 Å². The Morgan fingerprint density at radius 3 is 2.46 bits per heavy atom. The monoisotopic (exact) mass is 755 g/mol. The maximum Gasteiger partial charge on any atom is 0.418 e. The molecule has 246 valence electrons. The van der Waals surface area contributed by atoms with Crippen molar-refractivity contribution >= 4 is 68.1 Å². The molecule has 2 aliphatic heterocycles. The minimum Gasteiger partial charge on any atom is -0.484 e. The number of nitrogens with one attached hydrogen (secondary N) is 2. The number of carbonyl (C=O) groups excluding carboxylic acids is 3. The number of fused-ring (bicyclic) bond motifs is 9. The molecule has 3 fully saturated rings. The van der Waals surface area contributed by atoms with Crippen LogP contribution < -0.4 is 19.8 Å². The summed E-state index contributed by atoms with van der Waals surface area (Å²) in [5.74, 6) is -2.12. The number of hydrogen-bond donors (Lipinski definition) is 2. The number of thioether (sulfide) groups is 1. The lowest BCUT2D eigenvalue weighted by molar-refractivity contribution is -0.137. The zero-order chi connectivity index (χ0) is 33.5. The number of nitrogens with zero attached hydrogens (tertiary/aromatic N) is 1. The molecule has 2 bridgehead atoms. The van der Waals surface area contributed by atoms with Crippen LogP contribution in [0.3, 0.4) is 0 Å². The summed E-state index contributed by atoms with van der Waals surface area (Å²) in [4.78, 5) is 58.0. The number of H-pyrrole nitrogens is 1. The molecule has 48 heavy (non-hydrogen) atoms. The number of alkyl halides is 3. The average Bonchev–Trinajstić information content (AvgIpc) is 3.79. The highest BCUT2D eigenvalue weighted by Gasteiger charge is 2.69. The Morgan fingerprint density at radius 1 is 0.979 bits per heavy atom. The predicted octanol–water partition coefficient (Wildman–Crippen LogP) is 6.91. The average molecular weight is 757 g/mol. The van der Waals surface area contributed by atoms with Gasteiger partial charge >= 0.3 is 11.0 Å². The van der Waals surface area contributed by atoms with Crippen molar-refractivity contribution in [2.75, 3.05) is 16.8 Å². The molecule has 3 heterocycles. The van der Waals surface area contributed by atoms with E-state index in [1.165, 1.54) is 23.1 Å². The molecule has 4 aromatic rings. The van der Waals surface area contributed by atoms with E-state index in [0.29, 0.717) is 11.4 Å². The van der Waals surface area contributed by atoms with Gasteiger partial charge in [0.15, 0.2) is 6.61 Å². The maximum absolute atomic E-state index is 14.0. The third-order valence-electron chi connectivity index (χ3n) is 9.90. The Kier molecular flexibility index (Phi) is 7.60. The third kappa shape index (κ3) is 5.10. The van der Waals surface area contributed by atoms with Crippen LogP contribution in [-0.2, 0) is 20.6 Å². The molecule has 2 saturated carbocycles. The van der Waals surface area contributed by atoms with Gasteiger partial charge in [-0.1, -0.05) is 51.5 Å². The number of anilines is 2. The number of ether oxygens (including phenoxy) is 1. The smallest absolute Gasteiger partial charge is 0.418 e. The van der Waals surface area contributed by atoms with Gasteiger partial charge in [0.05, 0.1) is 33.8 Å². The number of imide groups is 1. The fourth-order valence-electron chi connectivity index (χ4n) is 8.21. The number of amides is 3. The molecule has 3 aromatic carbocycles. The topological polar surface area (TPSA) is 109 Å². The van der Waals surface area contributed by atoms with Gasteiger partial charge in [-0.05, 0) is 78.3 Å². The summed E-state index contributed by atoms with van der Waals surface area (Å²) in [5.41, 5.74) is 0.0595. The standard InChI is InChI=1S/C34H25BrF3N3O5S2/c35-16-8-10-17(11-9-16)41-31(43)26-19-13-20(27(26)32(41)44)28-25(19)24(29-30(47-28)40-33(45)48-29)15-4-3-5-18(12-15)46-14-23(42)39-22-7-2-1-6-21(22)34(36,37)38/h1-12,19-20,24-28H,13-14H2,(H,39,42)(H,40,45)/t19?,20?,24-,25?,26?,27?,28?/m1/s1. The summed E-state index contributed by atoms with van der Waals surface area (Å²) in [6.45, 7) is -0.526. The lowest BCUT2D eigenvalue weighted by Crippen LogP contribution is -2.42. The molecule has 6 unspecified atom stereocenters. The highest BCUT2D eigenvalue weighted by atomic mass is 79.9. The Balaban J connectivity index is 1.07. The van der Waals surface area contributed by atoms with Crippen molar-refractivity contribution in [2.45, 2.75) is 28.8 Å². The fourth-order valence-corrected chi connectivity index (χ4v) is 11.4. The van der Waals surface area contributed by atoms with Crippen molar-refractivity contribution in [2.24, 2.45) is 29.6 Å². The van der Waals surface area contributed by atoms with E-state index in [1.807, 2.05) is 6.07 Å². The fraction of sp³-hybridized carbons (Fsp3) is 0.294. The second-order valence-corrected chi connectivity index (χ2v) is 15.5. The number of carbonyl (C=O) groups is 3. The number of halogens is 4. The van der Waals surface area contributed by atoms with Crippen molar-refractivity contribution in [1.29, 1.82) is 0 Å². The summed E-state index contributed by atoms with van der Waals surface area (Å²) < 4.78 is 46.8. The van der Waals surface area contributed by atoms with E-state index in [-0.39, 0.29) is 51.3 Å². The predicted molar refractivity (Wildman–Crippen MR) is 177 cm³/mol. The Labute approximate surface area is 288 Å². The highest BCUT2D eigenvalue weighted by Crippen LogP contribution is 2.68. The van der Waals surface area contributed by atoms with Crippen LogP contribution in [0.1, 0.15) is 28.3 Å². The quantitative estimate of drug-likeness (QED) is 0.207. The number of hydrogen-bond acceptors (Lipinski definition) is 7. The van der Waals surface area contributed by atoms with E-state index in [9.17, 15) is 32.3 Å². The van der Waals surface area contributed by atoms with Crippen LogP contribution in [0.25, 0.3) is 0 Å². The number of rotatable bonds is 6. The van der Waals surface area contributed by atoms with Crippen LogP contribution in [0.4, 0.5) is 24.5 Å². The summed E-state index contributed by atoms with van der Waals surface area (Å²) in [5, 5.41) is 3.04. The molecule has 0 radical (unpaired) electrons. The normalized spacial score (nSPS) is 27.1. The summed E-state index contributed by atoms with van der Waals surface area (Å²) in [6, 6.07) is 19.0. The van der Waals surface area contributed by atoms with E-state index >= 15 is 0 Å². The summed E-state index contributed by atoms with van der Waals surface area (Å²) >= 11 is 6.12. The van der Waals surface area contributed by atoms with Crippen LogP contribution >= 0.6 is 39.0 Å². The molecule has 1 saturated heterocycles. The van der Waals surface area contributed by atoms with Gasteiger partial charge in [-0.25, -0.2) is 0 Å². The van der Waals surface area contributed by atoms with Gasteiger partial charge in [0.25, 0.3) is 5.91 Å². The highest BCUT2D eigenvalue weighted by molar-refractivity contribution is 9.10. The second-order valence-electron chi connectivity index (χ2n) is 12.4. The maximum atomic E-state index is 14.0. The Bertz CT molecular complexity index is 2030. The zero-order valence-electron chi connectivity index (χ0n) is 24.7. The SMILES string of the molecule is O=C(COc1cccc([C@H]2c3sc(=O)[nH]c3SC3C4CC(C5C(=O)N(c6ccc(Br)cc6)C(=O)C45)C32)c1)Nc1ccccc1C(F)(F)F. The van der Waals surface area contributed by atoms with E-state index in [0.717, 1.165) is 43.8 Å². The molecule has 14 heteroatoms. The first-order valence-electron chi connectivity index (χ1n) is 15.2. The molecule has 1 aromatic heterocycles. The molecule has 7 atom stereocenters. The van der Waals surface area contributed by atoms with Crippen LogP contribution in [-0.4, -0.2) is 34.6 Å². The van der Waals surface area contributed by atoms with E-state index in [1.54, 1.807) is 54.2 Å². The van der Waals surface area contributed by atoms with Crippen LogP contribution in [0, 0.1) is 29.6 Å². The molecule has 8 nitrogen and oxygen atoms in total. The van der Waals surface area contributed by atoms with Crippen molar-refractivity contribution < 1.29 is 32.3 Å². The number of benzene rings is 3. The van der Waals surface area contributed by atoms with Gasteiger partial charge in [-0.3, -0.25) is 24.1 Å². The third-order valence-corrected chi connectivity index (χ3v) is 13.0. The van der Waals surface area contributed by atoms with Crippen LogP contribution in [0.15, 0.2) is 87.1 Å². The van der Waals surface area contributed by atoms with Crippen molar-refractivity contribution in [3.05, 3.63) is 103 Å². The minimum atomic E-state index is -4.63. The van der Waals surface area contributed by atoms with Gasteiger partial charge in [0.1, 0.15) is 5.75 Å². The first kappa shape index (κ1) is 31.4. The number of thiazole rings is 1. The molecular weight excluding hydrogens is 731 g/mol. The van der Waals surface area contributed by atoms with Crippen LogP contribution in [0.5, 0.6) is 5.75 Å². The largest absolute Gasteiger partial charge is 0.484 e. The van der Waals surface area contributed by atoms with Crippen molar-refractivity contribution in [1.82, 2.24) is 4.98 Å². The number of aromatic amines is 1. The van der Waals surface area contributed by atoms with E-state index < -0.39 is 36.1 Å². The van der Waals surface area contributed by atoms with Gasteiger partial charge < -0.3 is 15.0 Å². The molecule has 3 amide bonds. The minimum absolute atomic E-state index is 0.00956.